The molecule has 0 spiro atoms. The van der Waals surface area contributed by atoms with E-state index in [-0.39, 0.29) is 17.8 Å². The van der Waals surface area contributed by atoms with E-state index in [9.17, 15) is 9.59 Å². The summed E-state index contributed by atoms with van der Waals surface area (Å²) in [5.41, 5.74) is 3.16. The molecule has 0 aliphatic rings. The summed E-state index contributed by atoms with van der Waals surface area (Å²) in [6.07, 6.45) is 0.523. The van der Waals surface area contributed by atoms with E-state index in [1.165, 1.54) is 6.26 Å². The molecule has 0 saturated heterocycles. The van der Waals surface area contributed by atoms with Crippen molar-refractivity contribution in [1.82, 2.24) is 0 Å². The molecule has 3 aromatic rings. The fourth-order valence-corrected chi connectivity index (χ4v) is 2.97. The Hall–Kier alpha value is -3.28. The summed E-state index contributed by atoms with van der Waals surface area (Å²) in [7, 11) is 0. The molecule has 0 bridgehead atoms. The number of hydrogen-bond acceptors (Lipinski definition) is 6. The van der Waals surface area contributed by atoms with E-state index in [1.54, 1.807) is 32.0 Å². The van der Waals surface area contributed by atoms with Crippen molar-refractivity contribution in [1.29, 1.82) is 0 Å². The third kappa shape index (κ3) is 4.42. The van der Waals surface area contributed by atoms with Crippen LogP contribution in [0.5, 0.6) is 17.2 Å². The van der Waals surface area contributed by atoms with Crippen LogP contribution in [0.4, 0.5) is 0 Å². The van der Waals surface area contributed by atoms with Crippen LogP contribution in [0.3, 0.4) is 0 Å². The fourth-order valence-electron chi connectivity index (χ4n) is 2.97. The minimum absolute atomic E-state index is 0.110. The zero-order valence-corrected chi connectivity index (χ0v) is 17.2. The average Bonchev–Trinajstić information content (AvgIpc) is 2.68. The first-order valence-electron chi connectivity index (χ1n) is 9.44. The molecule has 0 aliphatic heterocycles. The highest BCUT2D eigenvalue weighted by Gasteiger charge is 2.17. The molecular weight excluding hydrogens is 372 g/mol. The number of aryl methyl sites for hydroxylation is 2. The van der Waals surface area contributed by atoms with Crippen molar-refractivity contribution in [2.45, 2.75) is 40.7 Å². The highest BCUT2D eigenvalue weighted by atomic mass is 16.6. The topological polar surface area (TPSA) is 75.0 Å². The van der Waals surface area contributed by atoms with Crippen molar-refractivity contribution in [2.75, 3.05) is 6.61 Å². The quantitative estimate of drug-likeness (QED) is 0.555. The predicted molar refractivity (Wildman–Crippen MR) is 110 cm³/mol. The summed E-state index contributed by atoms with van der Waals surface area (Å²) in [5, 5.41) is 0.362. The Bertz CT molecular complexity index is 1110. The van der Waals surface area contributed by atoms with Crippen LogP contribution in [0.25, 0.3) is 11.0 Å². The minimum atomic E-state index is -0.769. The molecule has 0 saturated carbocycles. The van der Waals surface area contributed by atoms with Crippen LogP contribution in [-0.2, 0) is 9.53 Å². The molecule has 6 heteroatoms. The molecule has 1 heterocycles. The number of hydrogen-bond donors (Lipinski definition) is 0. The van der Waals surface area contributed by atoms with Gasteiger partial charge in [0.2, 0.25) is 11.2 Å². The summed E-state index contributed by atoms with van der Waals surface area (Å²) < 4.78 is 22.0. The SMILES string of the molecule is CCOC(=O)[C@@H](C)Oc1ccc2c(=O)c(Oc3cc(C)cc(C)c3C)coc2c1. The van der Waals surface area contributed by atoms with E-state index in [2.05, 4.69) is 6.07 Å². The van der Waals surface area contributed by atoms with Crippen LogP contribution >= 0.6 is 0 Å². The van der Waals surface area contributed by atoms with Crippen molar-refractivity contribution < 1.29 is 23.4 Å². The normalized spacial score (nSPS) is 11.9. The van der Waals surface area contributed by atoms with Crippen molar-refractivity contribution in [3.63, 3.8) is 0 Å². The van der Waals surface area contributed by atoms with E-state index in [0.29, 0.717) is 22.5 Å². The Morgan fingerprint density at radius 3 is 2.59 bits per heavy atom. The summed E-state index contributed by atoms with van der Waals surface area (Å²) in [4.78, 5) is 24.6. The number of fused-ring (bicyclic) bond motifs is 1. The molecule has 0 fully saturated rings. The van der Waals surface area contributed by atoms with E-state index in [4.69, 9.17) is 18.6 Å². The lowest BCUT2D eigenvalue weighted by Gasteiger charge is -2.14. The maximum atomic E-state index is 12.8. The Kier molecular flexibility index (Phi) is 5.92. The molecule has 2 aromatic carbocycles. The standard InChI is InChI=1S/C23H24O6/c1-6-26-23(25)16(5)28-17-7-8-18-20(11-17)27-12-21(22(18)24)29-19-10-13(2)9-14(3)15(19)4/h7-12,16H,6H2,1-5H3/t16-/m1/s1. The molecule has 1 aromatic heterocycles. The van der Waals surface area contributed by atoms with Gasteiger partial charge in [0.25, 0.3) is 0 Å². The zero-order chi connectivity index (χ0) is 21.1. The first-order chi connectivity index (χ1) is 13.8. The third-order valence-electron chi connectivity index (χ3n) is 4.63. The first kappa shape index (κ1) is 20.5. The second-order valence-electron chi connectivity index (χ2n) is 6.91. The van der Waals surface area contributed by atoms with Crippen LogP contribution in [0.2, 0.25) is 0 Å². The smallest absolute Gasteiger partial charge is 0.347 e. The molecule has 0 aliphatic carbocycles. The largest absolute Gasteiger partial charge is 0.479 e. The van der Waals surface area contributed by atoms with E-state index in [0.717, 1.165) is 16.7 Å². The predicted octanol–water partition coefficient (Wildman–Crippen LogP) is 4.84. The number of carbonyl (C=O) groups excluding carboxylic acids is 1. The van der Waals surface area contributed by atoms with Gasteiger partial charge in [-0.1, -0.05) is 6.07 Å². The van der Waals surface area contributed by atoms with Gasteiger partial charge in [-0.15, -0.1) is 0 Å². The van der Waals surface area contributed by atoms with Crippen molar-refractivity contribution in [3.05, 3.63) is 63.5 Å². The van der Waals surface area contributed by atoms with Crippen molar-refractivity contribution in [2.24, 2.45) is 0 Å². The van der Waals surface area contributed by atoms with E-state index < -0.39 is 12.1 Å². The molecule has 6 nitrogen and oxygen atoms in total. The third-order valence-corrected chi connectivity index (χ3v) is 4.63. The maximum Gasteiger partial charge on any atom is 0.347 e. The minimum Gasteiger partial charge on any atom is -0.479 e. The Labute approximate surface area is 169 Å². The number of benzene rings is 2. The zero-order valence-electron chi connectivity index (χ0n) is 17.2. The summed E-state index contributed by atoms with van der Waals surface area (Å²) in [6.45, 7) is 9.52. The molecule has 0 unspecified atom stereocenters. The maximum absolute atomic E-state index is 12.8. The van der Waals surface area contributed by atoms with Gasteiger partial charge < -0.3 is 18.6 Å². The highest BCUT2D eigenvalue weighted by molar-refractivity contribution is 5.79. The van der Waals surface area contributed by atoms with Crippen molar-refractivity contribution in [3.8, 4) is 17.2 Å². The van der Waals surface area contributed by atoms with Gasteiger partial charge in [-0.05, 0) is 69.5 Å². The molecule has 0 N–H and O–H groups in total. The molecule has 0 amide bonds. The van der Waals surface area contributed by atoms with Gasteiger partial charge in [-0.25, -0.2) is 4.79 Å². The summed E-state index contributed by atoms with van der Waals surface area (Å²) >= 11 is 0. The molecule has 1 atom stereocenters. The lowest BCUT2D eigenvalue weighted by molar-refractivity contribution is -0.150. The number of ether oxygens (including phenoxy) is 3. The van der Waals surface area contributed by atoms with Gasteiger partial charge in [-0.3, -0.25) is 4.79 Å². The Morgan fingerprint density at radius 2 is 1.86 bits per heavy atom. The second-order valence-corrected chi connectivity index (χ2v) is 6.91. The lowest BCUT2D eigenvalue weighted by atomic mass is 10.1. The van der Waals surface area contributed by atoms with Gasteiger partial charge in [-0.2, -0.15) is 0 Å². The van der Waals surface area contributed by atoms with Crippen molar-refractivity contribution >= 4 is 16.9 Å². The number of esters is 1. The van der Waals surface area contributed by atoms with E-state index >= 15 is 0 Å². The highest BCUT2D eigenvalue weighted by Crippen LogP contribution is 2.29. The second kappa shape index (κ2) is 8.39. The van der Waals surface area contributed by atoms with Gasteiger partial charge >= 0.3 is 5.97 Å². The van der Waals surface area contributed by atoms with Crippen LogP contribution in [0.15, 0.2) is 45.8 Å². The number of rotatable bonds is 6. The molecule has 29 heavy (non-hydrogen) atoms. The first-order valence-corrected chi connectivity index (χ1v) is 9.44. The van der Waals surface area contributed by atoms with Gasteiger partial charge in [0.15, 0.2) is 6.10 Å². The van der Waals surface area contributed by atoms with Crippen LogP contribution in [0.1, 0.15) is 30.5 Å². The lowest BCUT2D eigenvalue weighted by Crippen LogP contribution is -2.26. The Balaban J connectivity index is 1.89. The fraction of sp³-hybridized carbons (Fsp3) is 0.304. The number of carbonyl (C=O) groups is 1. The Morgan fingerprint density at radius 1 is 1.10 bits per heavy atom. The summed E-state index contributed by atoms with van der Waals surface area (Å²) in [5.74, 6) is 0.679. The molecule has 3 rings (SSSR count). The monoisotopic (exact) mass is 396 g/mol. The van der Waals surface area contributed by atoms with Gasteiger partial charge in [0.05, 0.1) is 12.0 Å². The van der Waals surface area contributed by atoms with Crippen LogP contribution in [-0.4, -0.2) is 18.7 Å². The molecule has 0 radical (unpaired) electrons. The average molecular weight is 396 g/mol. The van der Waals surface area contributed by atoms with Crippen LogP contribution < -0.4 is 14.9 Å². The van der Waals surface area contributed by atoms with Crippen LogP contribution in [0, 0.1) is 20.8 Å². The van der Waals surface area contributed by atoms with E-state index in [1.807, 2.05) is 26.8 Å². The summed E-state index contributed by atoms with van der Waals surface area (Å²) in [6, 6.07) is 8.72. The van der Waals surface area contributed by atoms with Gasteiger partial charge in [0.1, 0.15) is 23.3 Å². The van der Waals surface area contributed by atoms with Gasteiger partial charge in [0, 0.05) is 6.07 Å². The molecule has 152 valence electrons. The molecular formula is C23H24O6.